The number of rotatable bonds is 3. The molecule has 0 aliphatic carbocycles. The average Bonchev–Trinajstić information content (AvgIpc) is 2.99. The van der Waals surface area contributed by atoms with Crippen LogP contribution in [-0.4, -0.2) is 34.9 Å². The maximum atomic E-state index is 13.0. The molecule has 1 saturated heterocycles. The van der Waals surface area contributed by atoms with Crippen LogP contribution in [-0.2, 0) is 0 Å². The van der Waals surface area contributed by atoms with E-state index in [0.717, 1.165) is 35.3 Å². The highest BCUT2D eigenvalue weighted by molar-refractivity contribution is 7.21. The van der Waals surface area contributed by atoms with E-state index in [1.54, 1.807) is 6.20 Å². The number of anilines is 2. The number of carbonyl (C=O) groups is 1. The molecule has 1 aliphatic heterocycles. The van der Waals surface area contributed by atoms with Crippen molar-refractivity contribution in [2.45, 2.75) is 18.9 Å². The topological polar surface area (TPSA) is 71.2 Å². The quantitative estimate of drug-likeness (QED) is 0.755. The van der Waals surface area contributed by atoms with E-state index >= 15 is 0 Å². The number of nitrogens with one attached hydrogen (secondary N) is 1. The van der Waals surface area contributed by atoms with Crippen molar-refractivity contribution in [1.29, 1.82) is 0 Å². The standard InChI is InChI=1S/C19H20N4OS/c20-16-15-9-4-10-21-18(15)25-17(16)19(24)23-11-5-8-14(12-23)22-13-6-2-1-3-7-13/h1-4,6-7,9-10,14,22H,5,8,11-12,20H2. The van der Waals surface area contributed by atoms with E-state index in [1.807, 2.05) is 35.2 Å². The Bertz CT molecular complexity index is 893. The molecule has 3 heterocycles. The predicted molar refractivity (Wildman–Crippen MR) is 103 cm³/mol. The molecule has 1 aliphatic rings. The third kappa shape index (κ3) is 3.17. The molecule has 5 nitrogen and oxygen atoms in total. The lowest BCUT2D eigenvalue weighted by atomic mass is 10.0. The molecule has 3 N–H and O–H groups in total. The Morgan fingerprint density at radius 1 is 1.24 bits per heavy atom. The molecule has 1 atom stereocenters. The minimum Gasteiger partial charge on any atom is -0.397 e. The van der Waals surface area contributed by atoms with Crippen LogP contribution in [0.5, 0.6) is 0 Å². The monoisotopic (exact) mass is 352 g/mol. The zero-order valence-corrected chi connectivity index (χ0v) is 14.6. The summed E-state index contributed by atoms with van der Waals surface area (Å²) in [7, 11) is 0. The number of piperidine rings is 1. The Kier molecular flexibility index (Phi) is 4.28. The minimum atomic E-state index is 0.0139. The second kappa shape index (κ2) is 6.72. The Morgan fingerprint density at radius 3 is 2.88 bits per heavy atom. The maximum Gasteiger partial charge on any atom is 0.266 e. The van der Waals surface area contributed by atoms with Crippen LogP contribution >= 0.6 is 11.3 Å². The van der Waals surface area contributed by atoms with Gasteiger partial charge in [0.25, 0.3) is 5.91 Å². The highest BCUT2D eigenvalue weighted by atomic mass is 32.1. The predicted octanol–water partition coefficient (Wildman–Crippen LogP) is 3.60. The molecule has 1 amide bonds. The summed E-state index contributed by atoms with van der Waals surface area (Å²) in [6.45, 7) is 1.46. The van der Waals surface area contributed by atoms with Gasteiger partial charge in [-0.2, -0.15) is 0 Å². The molecular weight excluding hydrogens is 332 g/mol. The summed E-state index contributed by atoms with van der Waals surface area (Å²) in [5.74, 6) is 0.0139. The van der Waals surface area contributed by atoms with Crippen LogP contribution in [0.25, 0.3) is 10.2 Å². The van der Waals surface area contributed by atoms with Gasteiger partial charge < -0.3 is 16.0 Å². The lowest BCUT2D eigenvalue weighted by Crippen LogP contribution is -2.45. The number of amides is 1. The summed E-state index contributed by atoms with van der Waals surface area (Å²) in [6, 6.07) is 14.2. The molecule has 1 unspecified atom stereocenters. The third-order valence-corrected chi connectivity index (χ3v) is 5.67. The van der Waals surface area contributed by atoms with Crippen molar-refractivity contribution >= 4 is 38.8 Å². The van der Waals surface area contributed by atoms with E-state index in [2.05, 4.69) is 22.4 Å². The van der Waals surface area contributed by atoms with Gasteiger partial charge in [0, 0.05) is 36.4 Å². The van der Waals surface area contributed by atoms with E-state index in [-0.39, 0.29) is 11.9 Å². The van der Waals surface area contributed by atoms with Crippen molar-refractivity contribution in [3.05, 3.63) is 53.5 Å². The number of nitrogen functional groups attached to an aromatic ring is 1. The van der Waals surface area contributed by atoms with Gasteiger partial charge in [0.05, 0.1) is 5.69 Å². The molecule has 128 valence electrons. The second-order valence-corrected chi connectivity index (χ2v) is 7.30. The van der Waals surface area contributed by atoms with Crippen LogP contribution in [0.1, 0.15) is 22.5 Å². The summed E-state index contributed by atoms with van der Waals surface area (Å²) in [4.78, 5) is 20.6. The lowest BCUT2D eigenvalue weighted by Gasteiger charge is -2.33. The van der Waals surface area contributed by atoms with Crippen LogP contribution in [0.2, 0.25) is 0 Å². The van der Waals surface area contributed by atoms with Crippen molar-refractivity contribution in [2.24, 2.45) is 0 Å². The largest absolute Gasteiger partial charge is 0.397 e. The number of benzene rings is 1. The number of hydrogen-bond donors (Lipinski definition) is 2. The number of para-hydroxylation sites is 1. The van der Waals surface area contributed by atoms with E-state index in [0.29, 0.717) is 17.1 Å². The van der Waals surface area contributed by atoms with Gasteiger partial charge in [-0.05, 0) is 37.1 Å². The van der Waals surface area contributed by atoms with Crippen LogP contribution in [0.4, 0.5) is 11.4 Å². The number of pyridine rings is 1. The molecule has 6 heteroatoms. The Labute approximate surface area is 150 Å². The number of nitrogens with zero attached hydrogens (tertiary/aromatic N) is 2. The first-order chi connectivity index (χ1) is 12.2. The Hall–Kier alpha value is -2.60. The number of nitrogens with two attached hydrogens (primary N) is 1. The fourth-order valence-corrected chi connectivity index (χ4v) is 4.33. The molecule has 0 spiro atoms. The van der Waals surface area contributed by atoms with E-state index in [4.69, 9.17) is 5.73 Å². The SMILES string of the molecule is Nc1c(C(=O)N2CCCC(Nc3ccccc3)C2)sc2ncccc12. The first kappa shape index (κ1) is 15.9. The van der Waals surface area contributed by atoms with Gasteiger partial charge in [-0.15, -0.1) is 11.3 Å². The molecule has 25 heavy (non-hydrogen) atoms. The highest BCUT2D eigenvalue weighted by Gasteiger charge is 2.27. The molecule has 3 aromatic rings. The summed E-state index contributed by atoms with van der Waals surface area (Å²) in [5, 5.41) is 4.39. The van der Waals surface area contributed by atoms with Crippen molar-refractivity contribution < 1.29 is 4.79 Å². The fraction of sp³-hybridized carbons (Fsp3) is 0.263. The van der Waals surface area contributed by atoms with Gasteiger partial charge in [0.1, 0.15) is 9.71 Å². The Balaban J connectivity index is 1.52. The molecule has 2 aromatic heterocycles. The molecule has 0 radical (unpaired) electrons. The molecule has 0 saturated carbocycles. The molecular formula is C19H20N4OS. The first-order valence-corrected chi connectivity index (χ1v) is 9.28. The maximum absolute atomic E-state index is 13.0. The van der Waals surface area contributed by atoms with Crippen LogP contribution in [0.15, 0.2) is 48.7 Å². The third-order valence-electron chi connectivity index (χ3n) is 4.55. The summed E-state index contributed by atoms with van der Waals surface area (Å²) in [6.07, 6.45) is 3.77. The van der Waals surface area contributed by atoms with Gasteiger partial charge in [0.2, 0.25) is 0 Å². The van der Waals surface area contributed by atoms with Crippen molar-refractivity contribution in [3.8, 4) is 0 Å². The Morgan fingerprint density at radius 2 is 2.08 bits per heavy atom. The number of fused-ring (bicyclic) bond motifs is 1. The van der Waals surface area contributed by atoms with Gasteiger partial charge in [-0.1, -0.05) is 18.2 Å². The lowest BCUT2D eigenvalue weighted by molar-refractivity contribution is 0.0721. The van der Waals surface area contributed by atoms with Gasteiger partial charge in [-0.3, -0.25) is 4.79 Å². The van der Waals surface area contributed by atoms with Crippen LogP contribution in [0.3, 0.4) is 0 Å². The molecule has 1 fully saturated rings. The summed E-state index contributed by atoms with van der Waals surface area (Å²) >= 11 is 1.38. The number of aromatic nitrogens is 1. The van der Waals surface area contributed by atoms with Gasteiger partial charge in [0.15, 0.2) is 0 Å². The summed E-state index contributed by atoms with van der Waals surface area (Å²) in [5.41, 5.74) is 7.85. The highest BCUT2D eigenvalue weighted by Crippen LogP contribution is 2.33. The molecule has 4 rings (SSSR count). The van der Waals surface area contributed by atoms with Gasteiger partial charge >= 0.3 is 0 Å². The number of carbonyl (C=O) groups excluding carboxylic acids is 1. The zero-order chi connectivity index (χ0) is 17.2. The first-order valence-electron chi connectivity index (χ1n) is 8.46. The number of thiophene rings is 1. The average molecular weight is 352 g/mol. The second-order valence-electron chi connectivity index (χ2n) is 6.30. The fourth-order valence-electron chi connectivity index (χ4n) is 3.30. The van der Waals surface area contributed by atoms with E-state index in [1.165, 1.54) is 11.3 Å². The van der Waals surface area contributed by atoms with E-state index < -0.39 is 0 Å². The van der Waals surface area contributed by atoms with E-state index in [9.17, 15) is 4.79 Å². The zero-order valence-electron chi connectivity index (χ0n) is 13.8. The molecule has 0 bridgehead atoms. The van der Waals surface area contributed by atoms with Crippen molar-refractivity contribution in [3.63, 3.8) is 0 Å². The number of hydrogen-bond acceptors (Lipinski definition) is 5. The molecule has 1 aromatic carbocycles. The van der Waals surface area contributed by atoms with Gasteiger partial charge in [-0.25, -0.2) is 4.98 Å². The number of likely N-dealkylation sites (tertiary alicyclic amines) is 1. The normalized spacial score (nSPS) is 17.6. The van der Waals surface area contributed by atoms with Crippen LogP contribution in [0, 0.1) is 0 Å². The smallest absolute Gasteiger partial charge is 0.266 e. The minimum absolute atomic E-state index is 0.0139. The summed E-state index contributed by atoms with van der Waals surface area (Å²) < 4.78 is 0. The van der Waals surface area contributed by atoms with Crippen molar-refractivity contribution in [1.82, 2.24) is 9.88 Å². The van der Waals surface area contributed by atoms with Crippen LogP contribution < -0.4 is 11.1 Å². The van der Waals surface area contributed by atoms with Crippen molar-refractivity contribution in [2.75, 3.05) is 24.1 Å².